The van der Waals surface area contributed by atoms with Gasteiger partial charge >= 0.3 is 0 Å². The van der Waals surface area contributed by atoms with Crippen LogP contribution in [0.2, 0.25) is 5.02 Å². The minimum Gasteiger partial charge on any atom is -0.349 e. The lowest BCUT2D eigenvalue weighted by Crippen LogP contribution is -2.38. The molecule has 0 unspecified atom stereocenters. The molecular weight excluding hydrogens is 460 g/mol. The van der Waals surface area contributed by atoms with Crippen molar-refractivity contribution in [2.24, 2.45) is 0 Å². The highest BCUT2D eigenvalue weighted by molar-refractivity contribution is 7.89. The molecule has 1 aliphatic carbocycles. The van der Waals surface area contributed by atoms with Gasteiger partial charge in [-0.15, -0.1) is 0 Å². The van der Waals surface area contributed by atoms with E-state index in [1.807, 2.05) is 18.2 Å². The number of benzene rings is 2. The van der Waals surface area contributed by atoms with Crippen LogP contribution in [0.1, 0.15) is 60.6 Å². The van der Waals surface area contributed by atoms with Crippen molar-refractivity contribution in [2.45, 2.75) is 55.4 Å². The van der Waals surface area contributed by atoms with Gasteiger partial charge in [-0.2, -0.15) is 4.31 Å². The summed E-state index contributed by atoms with van der Waals surface area (Å²) < 4.78 is 27.8. The lowest BCUT2D eigenvalue weighted by atomic mass is 9.97. The van der Waals surface area contributed by atoms with Crippen LogP contribution in [0, 0.1) is 0 Å². The molecule has 0 spiro atoms. The summed E-state index contributed by atoms with van der Waals surface area (Å²) in [4.78, 5) is 20.6. The second-order valence-electron chi connectivity index (χ2n) is 8.94. The highest BCUT2D eigenvalue weighted by atomic mass is 35.5. The quantitative estimate of drug-likeness (QED) is 0.556. The van der Waals surface area contributed by atoms with Gasteiger partial charge in [0.15, 0.2) is 0 Å². The monoisotopic (exact) mass is 486 g/mol. The number of halogens is 1. The smallest absolute Gasteiger partial charge is 0.251 e. The maximum atomic E-state index is 13.2. The second kappa shape index (κ2) is 9.08. The summed E-state index contributed by atoms with van der Waals surface area (Å²) in [5.41, 5.74) is 2.25. The van der Waals surface area contributed by atoms with Crippen LogP contribution in [0.5, 0.6) is 0 Å². The van der Waals surface area contributed by atoms with Gasteiger partial charge in [-0.1, -0.05) is 24.4 Å². The number of rotatable bonds is 5. The van der Waals surface area contributed by atoms with E-state index in [4.69, 9.17) is 11.6 Å². The summed E-state index contributed by atoms with van der Waals surface area (Å²) in [6, 6.07) is 12.0. The Bertz CT molecular complexity index is 1260. The summed E-state index contributed by atoms with van der Waals surface area (Å²) >= 11 is 6.06. The maximum Gasteiger partial charge on any atom is 0.251 e. The molecule has 0 radical (unpaired) electrons. The first-order valence-corrected chi connectivity index (χ1v) is 13.3. The van der Waals surface area contributed by atoms with Crippen molar-refractivity contribution in [3.8, 4) is 0 Å². The summed E-state index contributed by atoms with van der Waals surface area (Å²) in [7, 11) is -3.61. The maximum absolute atomic E-state index is 13.2. The number of piperidine rings is 1. The van der Waals surface area contributed by atoms with Crippen molar-refractivity contribution in [1.82, 2.24) is 19.6 Å². The molecule has 5 rings (SSSR count). The Morgan fingerprint density at radius 3 is 2.42 bits per heavy atom. The zero-order valence-electron chi connectivity index (χ0n) is 18.3. The van der Waals surface area contributed by atoms with E-state index in [2.05, 4.69) is 15.3 Å². The highest BCUT2D eigenvalue weighted by Crippen LogP contribution is 2.31. The third kappa shape index (κ3) is 4.65. The van der Waals surface area contributed by atoms with Gasteiger partial charge in [0.25, 0.3) is 5.91 Å². The standard InChI is InChI=1S/C24H27ClN4O3S/c25-18-7-10-21-22(15-18)28-23(27-21)16-11-13-29(14-12-16)33(31,32)20-8-5-17(6-9-20)24(30)26-19-3-1-2-4-19/h5-10,15-16,19H,1-4,11-14H2,(H,26,30)(H,27,28). The Balaban J connectivity index is 1.23. The predicted molar refractivity (Wildman–Crippen MR) is 128 cm³/mol. The second-order valence-corrected chi connectivity index (χ2v) is 11.3. The van der Waals surface area contributed by atoms with Gasteiger partial charge in [0.05, 0.1) is 15.9 Å². The fourth-order valence-electron chi connectivity index (χ4n) is 4.83. The van der Waals surface area contributed by atoms with Crippen LogP contribution in [-0.2, 0) is 10.0 Å². The summed E-state index contributed by atoms with van der Waals surface area (Å²) in [5, 5.41) is 3.69. The largest absolute Gasteiger partial charge is 0.349 e. The molecule has 2 aromatic carbocycles. The van der Waals surface area contributed by atoms with E-state index in [1.54, 1.807) is 12.1 Å². The number of amides is 1. The van der Waals surface area contributed by atoms with Crippen LogP contribution in [0.3, 0.4) is 0 Å². The van der Waals surface area contributed by atoms with E-state index < -0.39 is 10.0 Å². The third-order valence-corrected chi connectivity index (χ3v) is 8.90. The van der Waals surface area contributed by atoms with E-state index in [9.17, 15) is 13.2 Å². The van der Waals surface area contributed by atoms with Crippen LogP contribution >= 0.6 is 11.6 Å². The fraction of sp³-hybridized carbons (Fsp3) is 0.417. The van der Waals surface area contributed by atoms with Gasteiger partial charge in [0.1, 0.15) is 5.82 Å². The van der Waals surface area contributed by atoms with Crippen molar-refractivity contribution in [1.29, 1.82) is 0 Å². The van der Waals surface area contributed by atoms with Crippen molar-refractivity contribution >= 4 is 38.6 Å². The third-order valence-electron chi connectivity index (χ3n) is 6.75. The topological polar surface area (TPSA) is 95.2 Å². The van der Waals surface area contributed by atoms with E-state index >= 15 is 0 Å². The van der Waals surface area contributed by atoms with E-state index in [1.165, 1.54) is 16.4 Å². The van der Waals surface area contributed by atoms with E-state index in [0.717, 1.165) is 42.5 Å². The number of aromatic nitrogens is 2. The van der Waals surface area contributed by atoms with Gasteiger partial charge < -0.3 is 10.3 Å². The van der Waals surface area contributed by atoms with Gasteiger partial charge in [-0.05, 0) is 68.1 Å². The van der Waals surface area contributed by atoms with Gasteiger partial charge in [0.2, 0.25) is 10.0 Å². The Hall–Kier alpha value is -2.42. The molecule has 2 fully saturated rings. The Morgan fingerprint density at radius 1 is 1.03 bits per heavy atom. The molecule has 1 saturated heterocycles. The van der Waals surface area contributed by atoms with Crippen molar-refractivity contribution in [3.63, 3.8) is 0 Å². The summed E-state index contributed by atoms with van der Waals surface area (Å²) in [6.07, 6.45) is 5.68. The molecule has 2 N–H and O–H groups in total. The molecule has 174 valence electrons. The Labute approximate surface area is 198 Å². The molecule has 9 heteroatoms. The van der Waals surface area contributed by atoms with E-state index in [-0.39, 0.29) is 22.8 Å². The highest BCUT2D eigenvalue weighted by Gasteiger charge is 2.31. The minimum absolute atomic E-state index is 0.140. The summed E-state index contributed by atoms with van der Waals surface area (Å²) in [5.74, 6) is 0.907. The first-order chi connectivity index (χ1) is 15.9. The molecule has 0 atom stereocenters. The Kier molecular flexibility index (Phi) is 6.16. The van der Waals surface area contributed by atoms with Crippen molar-refractivity contribution < 1.29 is 13.2 Å². The zero-order chi connectivity index (χ0) is 23.0. The normalized spacial score (nSPS) is 18.7. The number of imidazole rings is 1. The van der Waals surface area contributed by atoms with Gasteiger partial charge in [0, 0.05) is 35.6 Å². The molecular formula is C24H27ClN4O3S. The Morgan fingerprint density at radius 2 is 1.73 bits per heavy atom. The van der Waals surface area contributed by atoms with Crippen LogP contribution in [0.25, 0.3) is 11.0 Å². The predicted octanol–water partition coefficient (Wildman–Crippen LogP) is 4.46. The number of hydrogen-bond acceptors (Lipinski definition) is 4. The summed E-state index contributed by atoms with van der Waals surface area (Å²) in [6.45, 7) is 0.851. The lowest BCUT2D eigenvalue weighted by molar-refractivity contribution is 0.0937. The molecule has 7 nitrogen and oxygen atoms in total. The van der Waals surface area contributed by atoms with E-state index in [0.29, 0.717) is 36.5 Å². The average Bonchev–Trinajstić information content (AvgIpc) is 3.48. The number of sulfonamides is 1. The number of carbonyl (C=O) groups is 1. The first kappa shape index (κ1) is 22.4. The fourth-order valence-corrected chi connectivity index (χ4v) is 6.47. The molecule has 1 aliphatic heterocycles. The number of hydrogen-bond donors (Lipinski definition) is 2. The number of carbonyl (C=O) groups excluding carboxylic acids is 1. The molecule has 2 heterocycles. The number of fused-ring (bicyclic) bond motifs is 1. The molecule has 1 saturated carbocycles. The van der Waals surface area contributed by atoms with Crippen LogP contribution in [0.4, 0.5) is 0 Å². The molecule has 2 aliphatic rings. The van der Waals surface area contributed by atoms with Gasteiger partial charge in [-0.25, -0.2) is 13.4 Å². The number of H-pyrrole nitrogens is 1. The minimum atomic E-state index is -3.61. The first-order valence-electron chi connectivity index (χ1n) is 11.5. The number of nitrogens with zero attached hydrogens (tertiary/aromatic N) is 2. The molecule has 33 heavy (non-hydrogen) atoms. The van der Waals surface area contributed by atoms with Crippen molar-refractivity contribution in [3.05, 3.63) is 58.9 Å². The number of nitrogens with one attached hydrogen (secondary N) is 2. The van der Waals surface area contributed by atoms with Crippen LogP contribution < -0.4 is 5.32 Å². The average molecular weight is 487 g/mol. The SMILES string of the molecule is O=C(NC1CCCC1)c1ccc(S(=O)(=O)N2CCC(c3nc4ccc(Cl)cc4[nH]3)CC2)cc1. The van der Waals surface area contributed by atoms with Crippen molar-refractivity contribution in [2.75, 3.05) is 13.1 Å². The number of aromatic amines is 1. The van der Waals surface area contributed by atoms with Crippen LogP contribution in [-0.4, -0.2) is 47.7 Å². The van der Waals surface area contributed by atoms with Crippen LogP contribution in [0.15, 0.2) is 47.4 Å². The van der Waals surface area contributed by atoms with Gasteiger partial charge in [-0.3, -0.25) is 4.79 Å². The zero-order valence-corrected chi connectivity index (χ0v) is 19.8. The molecule has 1 amide bonds. The lowest BCUT2D eigenvalue weighted by Gasteiger charge is -2.30. The molecule has 0 bridgehead atoms. The molecule has 3 aromatic rings. The molecule has 1 aromatic heterocycles.